The highest BCUT2D eigenvalue weighted by Crippen LogP contribution is 2.45. The fraction of sp³-hybridized carbons (Fsp3) is 0.556. The third-order valence-electron chi connectivity index (χ3n) is 7.50. The van der Waals surface area contributed by atoms with Gasteiger partial charge in [-0.2, -0.15) is 8.42 Å². The molecule has 1 saturated carbocycles. The van der Waals surface area contributed by atoms with Gasteiger partial charge in [-0.1, -0.05) is 18.2 Å². The van der Waals surface area contributed by atoms with Crippen molar-refractivity contribution in [3.8, 4) is 5.75 Å². The Morgan fingerprint density at radius 1 is 1.19 bits per heavy atom. The second-order valence-corrected chi connectivity index (χ2v) is 12.7. The lowest BCUT2D eigenvalue weighted by molar-refractivity contribution is -0.128. The van der Waals surface area contributed by atoms with Crippen LogP contribution in [0.2, 0.25) is 0 Å². The number of benzene rings is 1. The average Bonchev–Trinajstić information content (AvgIpc) is 3.50. The number of anilines is 1. The van der Waals surface area contributed by atoms with Gasteiger partial charge in [0.15, 0.2) is 10.6 Å². The van der Waals surface area contributed by atoms with Crippen LogP contribution in [-0.2, 0) is 19.6 Å². The van der Waals surface area contributed by atoms with Crippen molar-refractivity contribution < 1.29 is 27.8 Å². The number of carbonyl (C=O) groups excluding carboxylic acids is 1. The van der Waals surface area contributed by atoms with Crippen LogP contribution >= 0.6 is 0 Å². The highest BCUT2D eigenvalue weighted by molar-refractivity contribution is 7.90. The number of nitrogens with one attached hydrogen (secondary N) is 1. The van der Waals surface area contributed by atoms with E-state index in [4.69, 9.17) is 9.47 Å². The van der Waals surface area contributed by atoms with Gasteiger partial charge in [0.05, 0.1) is 18.3 Å². The van der Waals surface area contributed by atoms with Crippen LogP contribution in [0.1, 0.15) is 63.0 Å². The van der Waals surface area contributed by atoms with Crippen LogP contribution in [-0.4, -0.2) is 61.4 Å². The summed E-state index contributed by atoms with van der Waals surface area (Å²) in [5.41, 5.74) is 0.577. The molecule has 1 amide bonds. The lowest BCUT2D eigenvalue weighted by Crippen LogP contribution is -2.43. The molecule has 0 spiro atoms. The summed E-state index contributed by atoms with van der Waals surface area (Å²) in [5.74, 6) is 0.504. The van der Waals surface area contributed by atoms with Gasteiger partial charge in [0.1, 0.15) is 11.6 Å². The third kappa shape index (κ3) is 5.61. The molecule has 0 radical (unpaired) electrons. The Morgan fingerprint density at radius 2 is 1.97 bits per heavy atom. The van der Waals surface area contributed by atoms with Crippen molar-refractivity contribution in [3.05, 3.63) is 47.5 Å². The summed E-state index contributed by atoms with van der Waals surface area (Å²) in [5, 5.41) is 9.56. The number of carbonyl (C=O) groups is 1. The van der Waals surface area contributed by atoms with E-state index in [0.29, 0.717) is 50.5 Å². The quantitative estimate of drug-likeness (QED) is 0.562. The minimum Gasteiger partial charge on any atom is -0.477 e. The normalized spacial score (nSPS) is 24.5. The molecule has 2 saturated heterocycles. The molecule has 10 heteroatoms. The van der Waals surface area contributed by atoms with Crippen LogP contribution in [0.25, 0.3) is 0 Å². The Hall–Kier alpha value is -2.69. The fourth-order valence-corrected chi connectivity index (χ4v) is 5.97. The summed E-state index contributed by atoms with van der Waals surface area (Å²) in [6.07, 6.45) is 2.84. The number of aliphatic hydroxyl groups excluding tert-OH is 1. The van der Waals surface area contributed by atoms with Gasteiger partial charge in [-0.15, -0.1) is 0 Å². The van der Waals surface area contributed by atoms with E-state index < -0.39 is 27.6 Å². The summed E-state index contributed by atoms with van der Waals surface area (Å²) < 4.78 is 40.7. The van der Waals surface area contributed by atoms with Gasteiger partial charge in [-0.25, -0.2) is 9.71 Å². The molecular weight excluding hydrogens is 494 g/mol. The maximum absolute atomic E-state index is 13.3. The van der Waals surface area contributed by atoms with Crippen molar-refractivity contribution in [2.75, 3.05) is 24.6 Å². The highest BCUT2D eigenvalue weighted by atomic mass is 32.2. The molecule has 1 aromatic carbocycles. The van der Waals surface area contributed by atoms with E-state index in [1.165, 1.54) is 6.07 Å². The number of aryl methyl sites for hydroxylation is 1. The number of rotatable bonds is 7. The fourth-order valence-electron chi connectivity index (χ4n) is 4.96. The predicted octanol–water partition coefficient (Wildman–Crippen LogP) is 3.05. The standard InChI is InChI=1S/C27H35N3O6S/c1-18-7-8-21(19-9-11-26(2,3)35-17-19)22(15-18)36-27(12-13-27)25(32)29-37(33,34)24-6-4-5-23(28-24)30-14-10-20(31)16-30/h4-8,15,19-20,31H,9-14,16-17H2,1-3H3,(H,29,32). The molecule has 3 aliphatic rings. The zero-order valence-corrected chi connectivity index (χ0v) is 22.4. The molecule has 2 aliphatic heterocycles. The number of β-amino-alcohol motifs (C(OH)–C–C–N with tert-alkyl or cyclic N) is 1. The van der Waals surface area contributed by atoms with Gasteiger partial charge >= 0.3 is 0 Å². The first kappa shape index (κ1) is 25.9. The first-order chi connectivity index (χ1) is 17.5. The van der Waals surface area contributed by atoms with Crippen LogP contribution in [0.5, 0.6) is 5.75 Å². The molecule has 37 heavy (non-hydrogen) atoms. The number of aromatic nitrogens is 1. The van der Waals surface area contributed by atoms with E-state index >= 15 is 0 Å². The molecule has 3 heterocycles. The van der Waals surface area contributed by atoms with E-state index in [0.717, 1.165) is 24.0 Å². The van der Waals surface area contributed by atoms with E-state index in [9.17, 15) is 18.3 Å². The highest BCUT2D eigenvalue weighted by Gasteiger charge is 2.54. The van der Waals surface area contributed by atoms with Crippen LogP contribution < -0.4 is 14.4 Å². The molecule has 2 aromatic rings. The summed E-state index contributed by atoms with van der Waals surface area (Å²) in [6.45, 7) is 7.67. The van der Waals surface area contributed by atoms with Crippen LogP contribution in [0, 0.1) is 6.92 Å². The topological polar surface area (TPSA) is 118 Å². The van der Waals surface area contributed by atoms with Gasteiger partial charge < -0.3 is 19.5 Å². The number of hydrogen-bond acceptors (Lipinski definition) is 8. The largest absolute Gasteiger partial charge is 0.477 e. The van der Waals surface area contributed by atoms with Crippen molar-refractivity contribution >= 4 is 21.7 Å². The molecule has 2 atom stereocenters. The molecular formula is C27H35N3O6S. The molecule has 2 N–H and O–H groups in total. The van der Waals surface area contributed by atoms with Gasteiger partial charge in [0.2, 0.25) is 0 Å². The Labute approximate surface area is 218 Å². The van der Waals surface area contributed by atoms with E-state index in [2.05, 4.69) is 23.6 Å². The number of aliphatic hydroxyl groups is 1. The Balaban J connectivity index is 1.32. The van der Waals surface area contributed by atoms with Gasteiger partial charge in [-0.05, 0) is 69.4 Å². The minimum absolute atomic E-state index is 0.141. The summed E-state index contributed by atoms with van der Waals surface area (Å²) in [6, 6.07) is 10.6. The van der Waals surface area contributed by atoms with Crippen LogP contribution in [0.4, 0.5) is 5.82 Å². The monoisotopic (exact) mass is 529 g/mol. The molecule has 1 aromatic heterocycles. The lowest BCUT2D eigenvalue weighted by Gasteiger charge is -2.35. The molecule has 0 bridgehead atoms. The van der Waals surface area contributed by atoms with Crippen molar-refractivity contribution in [3.63, 3.8) is 0 Å². The molecule has 9 nitrogen and oxygen atoms in total. The predicted molar refractivity (Wildman–Crippen MR) is 138 cm³/mol. The lowest BCUT2D eigenvalue weighted by atomic mass is 9.86. The first-order valence-electron chi connectivity index (χ1n) is 12.9. The molecule has 5 rings (SSSR count). The number of ether oxygens (including phenoxy) is 2. The molecule has 200 valence electrons. The Kier molecular flexibility index (Phi) is 6.70. The summed E-state index contributed by atoms with van der Waals surface area (Å²) in [4.78, 5) is 19.3. The van der Waals surface area contributed by atoms with E-state index in [-0.39, 0.29) is 16.5 Å². The number of nitrogens with zero attached hydrogens (tertiary/aromatic N) is 2. The molecule has 1 aliphatic carbocycles. The van der Waals surface area contributed by atoms with Crippen LogP contribution in [0.3, 0.4) is 0 Å². The molecule has 2 unspecified atom stereocenters. The number of sulfonamides is 1. The second-order valence-electron chi connectivity index (χ2n) is 11.1. The SMILES string of the molecule is Cc1ccc(C2CCC(C)(C)OC2)c(OC2(C(=O)NS(=O)(=O)c3cccc(N4CCC(O)C4)n3)CC2)c1. The second kappa shape index (κ2) is 9.56. The zero-order valence-electron chi connectivity index (χ0n) is 21.6. The summed E-state index contributed by atoms with van der Waals surface area (Å²) in [7, 11) is -4.21. The Morgan fingerprint density at radius 3 is 2.62 bits per heavy atom. The zero-order chi connectivity index (χ0) is 26.4. The third-order valence-corrected chi connectivity index (χ3v) is 8.73. The van der Waals surface area contributed by atoms with E-state index in [1.807, 2.05) is 30.0 Å². The summed E-state index contributed by atoms with van der Waals surface area (Å²) >= 11 is 0. The maximum Gasteiger partial charge on any atom is 0.281 e. The van der Waals surface area contributed by atoms with Crippen molar-refractivity contribution in [1.82, 2.24) is 9.71 Å². The van der Waals surface area contributed by atoms with Gasteiger partial charge in [-0.3, -0.25) is 4.79 Å². The van der Waals surface area contributed by atoms with Crippen molar-refractivity contribution in [1.29, 1.82) is 0 Å². The van der Waals surface area contributed by atoms with Crippen molar-refractivity contribution in [2.45, 2.75) is 81.1 Å². The maximum atomic E-state index is 13.3. The number of amides is 1. The molecule has 3 fully saturated rings. The van der Waals surface area contributed by atoms with Crippen LogP contribution in [0.15, 0.2) is 41.4 Å². The minimum atomic E-state index is -4.21. The average molecular weight is 530 g/mol. The van der Waals surface area contributed by atoms with Gasteiger partial charge in [0, 0.05) is 31.8 Å². The number of pyridine rings is 1. The Bertz CT molecular complexity index is 1280. The van der Waals surface area contributed by atoms with Gasteiger partial charge in [0.25, 0.3) is 15.9 Å². The van der Waals surface area contributed by atoms with E-state index in [1.54, 1.807) is 12.1 Å². The smallest absolute Gasteiger partial charge is 0.281 e. The van der Waals surface area contributed by atoms with Crippen molar-refractivity contribution in [2.24, 2.45) is 0 Å². The first-order valence-corrected chi connectivity index (χ1v) is 14.4. The number of hydrogen-bond donors (Lipinski definition) is 2.